The van der Waals surface area contributed by atoms with Gasteiger partial charge in [-0.1, -0.05) is 194 Å². The minimum atomic E-state index is -0.501. The highest BCUT2D eigenvalue weighted by atomic mass is 16.3. The number of hydrogen-bond donors (Lipinski definition) is 0. The van der Waals surface area contributed by atoms with Crippen molar-refractivity contribution < 1.29 is 4.42 Å². The van der Waals surface area contributed by atoms with Gasteiger partial charge in [-0.2, -0.15) is 0 Å². The third-order valence-corrected chi connectivity index (χ3v) is 14.6. The van der Waals surface area contributed by atoms with Crippen molar-refractivity contribution in [1.29, 1.82) is 0 Å². The molecule has 0 N–H and O–H groups in total. The largest absolute Gasteiger partial charge is 0.456 e. The van der Waals surface area contributed by atoms with Crippen molar-refractivity contribution in [3.05, 3.63) is 281 Å². The van der Waals surface area contributed by atoms with E-state index in [2.05, 4.69) is 241 Å². The second-order valence-electron chi connectivity index (χ2n) is 17.5. The monoisotopic (exact) mass is 813 g/mol. The summed E-state index contributed by atoms with van der Waals surface area (Å²) in [5, 5.41) is 2.18. The van der Waals surface area contributed by atoms with Gasteiger partial charge in [0.1, 0.15) is 11.2 Å². The van der Waals surface area contributed by atoms with E-state index < -0.39 is 10.8 Å². The molecule has 298 valence electrons. The fraction of sp³-hybridized carbons (Fsp3) is 0.0323. The van der Waals surface area contributed by atoms with Crippen molar-refractivity contribution in [2.24, 2.45) is 0 Å². The van der Waals surface area contributed by atoms with Gasteiger partial charge < -0.3 is 9.32 Å². The molecule has 0 fully saturated rings. The molecule has 1 spiro atoms. The van der Waals surface area contributed by atoms with Crippen molar-refractivity contribution in [1.82, 2.24) is 0 Å². The lowest BCUT2D eigenvalue weighted by molar-refractivity contribution is 0.665. The van der Waals surface area contributed by atoms with Crippen LogP contribution in [0.1, 0.15) is 44.5 Å². The third-order valence-electron chi connectivity index (χ3n) is 14.6. The second-order valence-corrected chi connectivity index (χ2v) is 17.5. The number of rotatable bonds is 5. The lowest BCUT2D eigenvalue weighted by atomic mass is 9.67. The lowest BCUT2D eigenvalue weighted by Gasteiger charge is -2.33. The fourth-order valence-corrected chi connectivity index (χ4v) is 12.2. The Kier molecular flexibility index (Phi) is 7.28. The van der Waals surface area contributed by atoms with E-state index in [0.29, 0.717) is 0 Å². The molecule has 0 amide bonds. The van der Waals surface area contributed by atoms with Gasteiger partial charge in [-0.15, -0.1) is 0 Å². The van der Waals surface area contributed by atoms with Gasteiger partial charge in [-0.3, -0.25) is 0 Å². The van der Waals surface area contributed by atoms with E-state index in [1.807, 2.05) is 0 Å². The van der Waals surface area contributed by atoms with Crippen molar-refractivity contribution in [2.45, 2.75) is 10.8 Å². The summed E-state index contributed by atoms with van der Waals surface area (Å²) in [6.07, 6.45) is 0. The van der Waals surface area contributed by atoms with Crippen LogP contribution in [-0.2, 0) is 10.8 Å². The first-order valence-corrected chi connectivity index (χ1v) is 22.3. The molecule has 14 rings (SSSR count). The Hall–Kier alpha value is -8.20. The summed E-state index contributed by atoms with van der Waals surface area (Å²) in [4.78, 5) is 2.45. The predicted molar refractivity (Wildman–Crippen MR) is 262 cm³/mol. The zero-order valence-electron chi connectivity index (χ0n) is 34.9. The van der Waals surface area contributed by atoms with Gasteiger partial charge in [0, 0.05) is 27.7 Å². The summed E-state index contributed by atoms with van der Waals surface area (Å²) < 4.78 is 6.89. The molecule has 2 nitrogen and oxygen atoms in total. The first kappa shape index (κ1) is 35.4. The van der Waals surface area contributed by atoms with Crippen molar-refractivity contribution in [2.75, 3.05) is 4.90 Å². The molecule has 0 unspecified atom stereocenters. The van der Waals surface area contributed by atoms with Crippen LogP contribution in [0, 0.1) is 0 Å². The summed E-state index contributed by atoms with van der Waals surface area (Å²) in [7, 11) is 0. The van der Waals surface area contributed by atoms with Crippen LogP contribution in [0.15, 0.2) is 241 Å². The Morgan fingerprint density at radius 3 is 1.41 bits per heavy atom. The molecule has 64 heavy (non-hydrogen) atoms. The molecule has 2 heteroatoms. The smallest absolute Gasteiger partial charge is 0.135 e. The van der Waals surface area contributed by atoms with Crippen LogP contribution in [0.3, 0.4) is 0 Å². The number of benzene rings is 10. The molecule has 0 saturated carbocycles. The first-order chi connectivity index (χ1) is 31.8. The highest BCUT2D eigenvalue weighted by Gasteiger charge is 2.52. The first-order valence-electron chi connectivity index (χ1n) is 22.3. The number of nitrogens with zero attached hydrogens (tertiary/aromatic N) is 1. The van der Waals surface area contributed by atoms with E-state index in [1.54, 1.807) is 0 Å². The predicted octanol–water partition coefficient (Wildman–Crippen LogP) is 15.8. The SMILES string of the molecule is c1ccc(N(c2ccc3oc4cc(C5(c6ccccc6)c6ccccc6-c6ccccc65)ccc4c3c2)c2cccc3c2-c2ccccc2C32c3ccccc3-c3ccccc32)cc1. The molecule has 11 aromatic rings. The van der Waals surface area contributed by atoms with E-state index >= 15 is 0 Å². The molecule has 0 radical (unpaired) electrons. The minimum Gasteiger partial charge on any atom is -0.456 e. The second kappa shape index (κ2) is 13.2. The van der Waals surface area contributed by atoms with Crippen molar-refractivity contribution >= 4 is 39.0 Å². The topological polar surface area (TPSA) is 16.4 Å². The fourth-order valence-electron chi connectivity index (χ4n) is 12.2. The van der Waals surface area contributed by atoms with Crippen LogP contribution in [0.5, 0.6) is 0 Å². The molecule has 1 aromatic heterocycles. The van der Waals surface area contributed by atoms with Crippen LogP contribution in [0.2, 0.25) is 0 Å². The van der Waals surface area contributed by atoms with Gasteiger partial charge in [0.15, 0.2) is 0 Å². The van der Waals surface area contributed by atoms with Gasteiger partial charge >= 0.3 is 0 Å². The van der Waals surface area contributed by atoms with Gasteiger partial charge in [0.2, 0.25) is 0 Å². The zero-order valence-corrected chi connectivity index (χ0v) is 34.9. The van der Waals surface area contributed by atoms with E-state index in [9.17, 15) is 0 Å². The van der Waals surface area contributed by atoms with Crippen LogP contribution in [0.4, 0.5) is 17.1 Å². The maximum absolute atomic E-state index is 6.89. The highest BCUT2D eigenvalue weighted by molar-refractivity contribution is 6.08. The van der Waals surface area contributed by atoms with Gasteiger partial charge in [-0.25, -0.2) is 0 Å². The van der Waals surface area contributed by atoms with Crippen LogP contribution < -0.4 is 4.90 Å². The maximum Gasteiger partial charge on any atom is 0.135 e. The summed E-state index contributed by atoms with van der Waals surface area (Å²) >= 11 is 0. The molecule has 3 aliphatic carbocycles. The summed E-state index contributed by atoms with van der Waals surface area (Å²) in [5.74, 6) is 0. The lowest BCUT2D eigenvalue weighted by Crippen LogP contribution is -2.28. The number of para-hydroxylation sites is 1. The highest BCUT2D eigenvalue weighted by Crippen LogP contribution is 2.65. The Morgan fingerprint density at radius 2 is 0.797 bits per heavy atom. The third kappa shape index (κ3) is 4.49. The molecular weight excluding hydrogens is 775 g/mol. The van der Waals surface area contributed by atoms with Gasteiger partial charge in [0.05, 0.1) is 16.5 Å². The quantitative estimate of drug-likeness (QED) is 0.172. The molecule has 1 heterocycles. The normalized spacial score (nSPS) is 14.2. The maximum atomic E-state index is 6.89. The summed E-state index contributed by atoms with van der Waals surface area (Å²) in [6.45, 7) is 0. The summed E-state index contributed by atoms with van der Waals surface area (Å²) in [6, 6.07) is 87.3. The van der Waals surface area contributed by atoms with E-state index in [0.717, 1.165) is 39.0 Å². The van der Waals surface area contributed by atoms with Crippen molar-refractivity contribution in [3.8, 4) is 33.4 Å². The molecule has 0 aliphatic heterocycles. The number of anilines is 3. The average Bonchev–Trinajstić information content (AvgIpc) is 4.07. The average molecular weight is 814 g/mol. The molecular formula is C62H39NO. The Bertz CT molecular complexity index is 3600. The number of furan rings is 1. The Labute approximate surface area is 372 Å². The van der Waals surface area contributed by atoms with Crippen LogP contribution in [0.25, 0.3) is 55.3 Å². The van der Waals surface area contributed by atoms with Crippen LogP contribution >= 0.6 is 0 Å². The van der Waals surface area contributed by atoms with E-state index in [-0.39, 0.29) is 0 Å². The zero-order chi connectivity index (χ0) is 42.0. The number of hydrogen-bond acceptors (Lipinski definition) is 2. The van der Waals surface area contributed by atoms with E-state index in [4.69, 9.17) is 4.42 Å². The van der Waals surface area contributed by atoms with E-state index in [1.165, 1.54) is 77.9 Å². The molecule has 0 atom stereocenters. The Morgan fingerprint density at radius 1 is 0.297 bits per heavy atom. The number of fused-ring (bicyclic) bond motifs is 16. The minimum absolute atomic E-state index is 0.433. The van der Waals surface area contributed by atoms with Crippen molar-refractivity contribution in [3.63, 3.8) is 0 Å². The molecule has 0 saturated heterocycles. The molecule has 10 aromatic carbocycles. The van der Waals surface area contributed by atoms with Crippen LogP contribution in [-0.4, -0.2) is 0 Å². The van der Waals surface area contributed by atoms with Gasteiger partial charge in [-0.05, 0) is 115 Å². The summed E-state index contributed by atoms with van der Waals surface area (Å²) in [5.41, 5.74) is 22.2. The standard InChI is InChI=1S/C62H39NO/c1-3-18-40(19-4-1)61(51-27-12-7-22-44(51)45-23-8-13-28-52(45)61)41-34-36-48-50-39-43(35-37-58(50)64-59(48)38-41)63(42-20-5-2-6-21-42)57-33-17-32-56-60(57)49-26-11-16-31-55(49)62(56)53-29-14-9-24-46(53)47-25-10-15-30-54(47)62/h1-39H. The van der Waals surface area contributed by atoms with Gasteiger partial charge in [0.25, 0.3) is 0 Å². The molecule has 0 bridgehead atoms. The Balaban J connectivity index is 0.981. The molecule has 3 aliphatic rings.